The summed E-state index contributed by atoms with van der Waals surface area (Å²) in [5, 5.41) is 5.14. The molecule has 3 nitrogen and oxygen atoms in total. The number of rotatable bonds is 5. The van der Waals surface area contributed by atoms with E-state index in [1.54, 1.807) is 7.11 Å². The molecule has 2 aromatic carbocycles. The van der Waals surface area contributed by atoms with E-state index >= 15 is 0 Å². The van der Waals surface area contributed by atoms with Crippen LogP contribution in [0.3, 0.4) is 0 Å². The van der Waals surface area contributed by atoms with Crippen molar-refractivity contribution in [3.63, 3.8) is 0 Å². The predicted octanol–water partition coefficient (Wildman–Crippen LogP) is 2.14. The Bertz CT molecular complexity index is 532. The van der Waals surface area contributed by atoms with E-state index < -0.39 is 0 Å². The number of carbonyl (C=O) groups excluding carboxylic acids is 1. The summed E-state index contributed by atoms with van der Waals surface area (Å²) in [5.74, 6) is 0.0309. The summed E-state index contributed by atoms with van der Waals surface area (Å²) in [6, 6.07) is 14.1. The summed E-state index contributed by atoms with van der Waals surface area (Å²) in [4.78, 5) is 11.8. The Morgan fingerprint density at radius 3 is 2.78 bits per heavy atom. The summed E-state index contributed by atoms with van der Waals surface area (Å²) < 4.78 is 4.90. The monoisotopic (exact) mass is 243 g/mol. The first-order valence-corrected chi connectivity index (χ1v) is 6.03. The molecule has 0 saturated heterocycles. The number of carbonyl (C=O) groups is 1. The van der Waals surface area contributed by atoms with Crippen LogP contribution in [0.4, 0.5) is 0 Å². The maximum atomic E-state index is 11.8. The fourth-order valence-electron chi connectivity index (χ4n) is 1.97. The molecule has 0 radical (unpaired) electrons. The van der Waals surface area contributed by atoms with Crippen molar-refractivity contribution in [2.45, 2.75) is 6.42 Å². The largest absolute Gasteiger partial charge is 0.383 e. The second-order valence-electron chi connectivity index (χ2n) is 4.16. The van der Waals surface area contributed by atoms with Gasteiger partial charge < -0.3 is 10.1 Å². The van der Waals surface area contributed by atoms with Crippen LogP contribution in [0.15, 0.2) is 42.5 Å². The van der Waals surface area contributed by atoms with Gasteiger partial charge in [-0.1, -0.05) is 42.5 Å². The van der Waals surface area contributed by atoms with E-state index in [0.29, 0.717) is 19.6 Å². The summed E-state index contributed by atoms with van der Waals surface area (Å²) in [6.45, 7) is 1.10. The molecule has 0 bridgehead atoms. The topological polar surface area (TPSA) is 38.3 Å². The summed E-state index contributed by atoms with van der Waals surface area (Å²) in [7, 11) is 1.62. The fraction of sp³-hybridized carbons (Fsp3) is 0.267. The first kappa shape index (κ1) is 12.6. The van der Waals surface area contributed by atoms with Gasteiger partial charge in [-0.3, -0.25) is 4.79 Å². The lowest BCUT2D eigenvalue weighted by Crippen LogP contribution is -2.28. The van der Waals surface area contributed by atoms with Crippen LogP contribution in [-0.4, -0.2) is 26.2 Å². The average molecular weight is 243 g/mol. The van der Waals surface area contributed by atoms with Crippen molar-refractivity contribution >= 4 is 16.7 Å². The van der Waals surface area contributed by atoms with Crippen LogP contribution in [0.1, 0.15) is 5.56 Å². The molecular weight excluding hydrogens is 226 g/mol. The first-order valence-electron chi connectivity index (χ1n) is 6.03. The van der Waals surface area contributed by atoms with Gasteiger partial charge >= 0.3 is 0 Å². The van der Waals surface area contributed by atoms with Crippen molar-refractivity contribution in [3.05, 3.63) is 48.0 Å². The number of ether oxygens (including phenoxy) is 1. The summed E-state index contributed by atoms with van der Waals surface area (Å²) in [5.41, 5.74) is 1.06. The van der Waals surface area contributed by atoms with Gasteiger partial charge in [0.25, 0.3) is 0 Å². The highest BCUT2D eigenvalue weighted by Gasteiger charge is 2.05. The Balaban J connectivity index is 2.09. The second-order valence-corrected chi connectivity index (χ2v) is 4.16. The van der Waals surface area contributed by atoms with Gasteiger partial charge in [0, 0.05) is 13.7 Å². The molecule has 0 heterocycles. The average Bonchev–Trinajstić information content (AvgIpc) is 2.39. The SMILES string of the molecule is COCCNC(=O)Cc1cccc2ccccc12. The zero-order valence-electron chi connectivity index (χ0n) is 10.5. The third-order valence-corrected chi connectivity index (χ3v) is 2.86. The van der Waals surface area contributed by atoms with Gasteiger partial charge in [-0.15, -0.1) is 0 Å². The zero-order valence-corrected chi connectivity index (χ0v) is 10.5. The molecule has 0 aliphatic carbocycles. The van der Waals surface area contributed by atoms with Crippen LogP contribution in [-0.2, 0) is 16.0 Å². The van der Waals surface area contributed by atoms with Crippen molar-refractivity contribution in [2.75, 3.05) is 20.3 Å². The van der Waals surface area contributed by atoms with Crippen molar-refractivity contribution < 1.29 is 9.53 Å². The van der Waals surface area contributed by atoms with Gasteiger partial charge in [0.2, 0.25) is 5.91 Å². The standard InChI is InChI=1S/C15H17NO2/c1-18-10-9-16-15(17)11-13-7-4-6-12-5-2-3-8-14(12)13/h2-8H,9-11H2,1H3,(H,16,17). The van der Waals surface area contributed by atoms with Crippen molar-refractivity contribution in [2.24, 2.45) is 0 Å². The van der Waals surface area contributed by atoms with E-state index in [0.717, 1.165) is 10.9 Å². The van der Waals surface area contributed by atoms with Gasteiger partial charge in [-0.05, 0) is 16.3 Å². The third-order valence-electron chi connectivity index (χ3n) is 2.86. The molecule has 3 heteroatoms. The van der Waals surface area contributed by atoms with E-state index in [9.17, 15) is 4.79 Å². The van der Waals surface area contributed by atoms with Gasteiger partial charge in [0.1, 0.15) is 0 Å². The number of nitrogens with one attached hydrogen (secondary N) is 1. The molecular formula is C15H17NO2. The molecule has 0 aliphatic heterocycles. The molecule has 0 aliphatic rings. The molecule has 1 N–H and O–H groups in total. The minimum absolute atomic E-state index is 0.0309. The van der Waals surface area contributed by atoms with Crippen molar-refractivity contribution in [1.82, 2.24) is 5.32 Å². The normalized spacial score (nSPS) is 10.5. The van der Waals surface area contributed by atoms with E-state index in [2.05, 4.69) is 17.4 Å². The van der Waals surface area contributed by atoms with E-state index in [-0.39, 0.29) is 5.91 Å². The highest BCUT2D eigenvalue weighted by Crippen LogP contribution is 2.18. The van der Waals surface area contributed by atoms with Gasteiger partial charge in [0.05, 0.1) is 13.0 Å². The molecule has 0 saturated carbocycles. The molecule has 1 amide bonds. The van der Waals surface area contributed by atoms with Crippen LogP contribution in [0, 0.1) is 0 Å². The lowest BCUT2D eigenvalue weighted by Gasteiger charge is -2.07. The minimum Gasteiger partial charge on any atom is -0.383 e. The van der Waals surface area contributed by atoms with Crippen molar-refractivity contribution in [1.29, 1.82) is 0 Å². The molecule has 18 heavy (non-hydrogen) atoms. The molecule has 0 aromatic heterocycles. The van der Waals surface area contributed by atoms with Gasteiger partial charge in [-0.25, -0.2) is 0 Å². The lowest BCUT2D eigenvalue weighted by atomic mass is 10.0. The van der Waals surface area contributed by atoms with Crippen LogP contribution in [0.25, 0.3) is 10.8 Å². The fourth-order valence-corrected chi connectivity index (χ4v) is 1.97. The Morgan fingerprint density at radius 1 is 1.17 bits per heavy atom. The number of amides is 1. The molecule has 0 spiro atoms. The molecule has 0 fully saturated rings. The van der Waals surface area contributed by atoms with Crippen LogP contribution >= 0.6 is 0 Å². The molecule has 0 unspecified atom stereocenters. The van der Waals surface area contributed by atoms with Crippen LogP contribution in [0.2, 0.25) is 0 Å². The van der Waals surface area contributed by atoms with Crippen molar-refractivity contribution in [3.8, 4) is 0 Å². The quantitative estimate of drug-likeness (QED) is 0.817. The minimum atomic E-state index is 0.0309. The number of hydrogen-bond acceptors (Lipinski definition) is 2. The number of hydrogen-bond donors (Lipinski definition) is 1. The van der Waals surface area contributed by atoms with E-state index in [4.69, 9.17) is 4.74 Å². The summed E-state index contributed by atoms with van der Waals surface area (Å²) in [6.07, 6.45) is 0.408. The molecule has 94 valence electrons. The van der Waals surface area contributed by atoms with Gasteiger partial charge in [0.15, 0.2) is 0 Å². The Labute approximate surface area is 107 Å². The maximum Gasteiger partial charge on any atom is 0.224 e. The number of benzene rings is 2. The molecule has 2 rings (SSSR count). The predicted molar refractivity (Wildman–Crippen MR) is 72.5 cm³/mol. The first-order chi connectivity index (χ1) is 8.81. The van der Waals surface area contributed by atoms with E-state index in [1.807, 2.05) is 30.3 Å². The lowest BCUT2D eigenvalue weighted by molar-refractivity contribution is -0.120. The Morgan fingerprint density at radius 2 is 1.94 bits per heavy atom. The third kappa shape index (κ3) is 3.08. The zero-order chi connectivity index (χ0) is 12.8. The second kappa shape index (κ2) is 6.17. The highest BCUT2D eigenvalue weighted by molar-refractivity contribution is 5.90. The van der Waals surface area contributed by atoms with Crippen LogP contribution < -0.4 is 5.32 Å². The number of methoxy groups -OCH3 is 1. The molecule has 2 aromatic rings. The van der Waals surface area contributed by atoms with Gasteiger partial charge in [-0.2, -0.15) is 0 Å². The van der Waals surface area contributed by atoms with E-state index in [1.165, 1.54) is 5.39 Å². The Hall–Kier alpha value is -1.87. The van der Waals surface area contributed by atoms with Crippen LogP contribution in [0.5, 0.6) is 0 Å². The smallest absolute Gasteiger partial charge is 0.224 e. The Kier molecular flexibility index (Phi) is 4.31. The molecule has 0 atom stereocenters. The summed E-state index contributed by atoms with van der Waals surface area (Å²) >= 11 is 0. The maximum absolute atomic E-state index is 11.8. The highest BCUT2D eigenvalue weighted by atomic mass is 16.5. The number of fused-ring (bicyclic) bond motifs is 1.